The van der Waals surface area contributed by atoms with Crippen LogP contribution in [0.3, 0.4) is 0 Å². The fourth-order valence-electron chi connectivity index (χ4n) is 2.09. The van der Waals surface area contributed by atoms with Crippen LogP contribution < -0.4 is 15.5 Å². The number of carbonyl (C=O) groups is 2. The van der Waals surface area contributed by atoms with Gasteiger partial charge in [0.15, 0.2) is 6.61 Å². The van der Waals surface area contributed by atoms with Crippen molar-refractivity contribution < 1.29 is 18.7 Å². The van der Waals surface area contributed by atoms with E-state index < -0.39 is 5.91 Å². The highest BCUT2D eigenvalue weighted by molar-refractivity contribution is 9.11. The van der Waals surface area contributed by atoms with E-state index in [1.165, 1.54) is 24.3 Å². The van der Waals surface area contributed by atoms with Crippen molar-refractivity contribution >= 4 is 55.1 Å². The van der Waals surface area contributed by atoms with E-state index in [-0.39, 0.29) is 24.8 Å². The average molecular weight is 515 g/mol. The lowest BCUT2D eigenvalue weighted by atomic mass is 10.2. The summed E-state index contributed by atoms with van der Waals surface area (Å²) in [4.78, 5) is 23.8. The number of hydrogen-bond acceptors (Lipinski definition) is 4. The van der Waals surface area contributed by atoms with E-state index in [2.05, 4.69) is 47.7 Å². The van der Waals surface area contributed by atoms with Crippen LogP contribution in [-0.2, 0) is 9.59 Å². The van der Waals surface area contributed by atoms with E-state index in [1.54, 1.807) is 13.0 Å². The van der Waals surface area contributed by atoms with Crippen LogP contribution in [0.1, 0.15) is 18.9 Å². The molecule has 0 saturated heterocycles. The van der Waals surface area contributed by atoms with Gasteiger partial charge in [-0.05, 0) is 71.7 Å². The molecule has 0 spiro atoms. The Balaban J connectivity index is 1.80. The Morgan fingerprint density at radius 2 is 1.79 bits per heavy atom. The summed E-state index contributed by atoms with van der Waals surface area (Å²) in [7, 11) is 0. The maximum Gasteiger partial charge on any atom is 0.277 e. The fourth-order valence-corrected chi connectivity index (χ4v) is 3.19. The molecule has 0 bridgehead atoms. The zero-order valence-corrected chi connectivity index (χ0v) is 18.4. The molecule has 0 aliphatic heterocycles. The van der Waals surface area contributed by atoms with Crippen LogP contribution >= 0.6 is 31.9 Å². The minimum absolute atomic E-state index is 0.0179. The summed E-state index contributed by atoms with van der Waals surface area (Å²) in [6, 6.07) is 9.06. The monoisotopic (exact) mass is 513 g/mol. The lowest BCUT2D eigenvalue weighted by Crippen LogP contribution is -2.26. The molecule has 0 saturated carbocycles. The number of halogens is 3. The van der Waals surface area contributed by atoms with E-state index in [4.69, 9.17) is 4.74 Å². The smallest absolute Gasteiger partial charge is 0.277 e. The Bertz CT molecular complexity index is 902. The van der Waals surface area contributed by atoms with Gasteiger partial charge in [-0.3, -0.25) is 9.59 Å². The molecule has 0 fully saturated rings. The molecule has 0 radical (unpaired) electrons. The van der Waals surface area contributed by atoms with Crippen LogP contribution in [0.5, 0.6) is 5.75 Å². The van der Waals surface area contributed by atoms with Gasteiger partial charge in [-0.15, -0.1) is 0 Å². The van der Waals surface area contributed by atoms with Gasteiger partial charge in [-0.25, -0.2) is 9.82 Å². The van der Waals surface area contributed by atoms with Crippen LogP contribution in [0, 0.1) is 12.7 Å². The van der Waals surface area contributed by atoms with Gasteiger partial charge in [0.25, 0.3) is 5.91 Å². The standard InChI is InChI=1S/C19H18Br2FN3O3/c1-11-7-17(16(21)9-15(11)20)28-10-19(27)25-24-12(2)8-18(26)23-14-5-3-13(22)4-6-14/h3-7,9H,8,10H2,1-2H3,(H,23,26)(H,25,27)/b24-12+. The number of benzene rings is 2. The first-order valence-corrected chi connectivity index (χ1v) is 9.79. The molecule has 28 heavy (non-hydrogen) atoms. The highest BCUT2D eigenvalue weighted by Gasteiger charge is 2.09. The Kier molecular flexibility index (Phi) is 8.13. The van der Waals surface area contributed by atoms with Crippen molar-refractivity contribution in [3.63, 3.8) is 0 Å². The second-order valence-electron chi connectivity index (χ2n) is 5.93. The topological polar surface area (TPSA) is 79.8 Å². The molecule has 2 amide bonds. The van der Waals surface area contributed by atoms with Crippen LogP contribution in [0.2, 0.25) is 0 Å². The number of hydrogen-bond donors (Lipinski definition) is 2. The molecule has 0 aliphatic carbocycles. The van der Waals surface area contributed by atoms with Crippen LogP contribution in [0.25, 0.3) is 0 Å². The number of anilines is 1. The number of hydrazone groups is 1. The summed E-state index contributed by atoms with van der Waals surface area (Å²) >= 11 is 6.78. The predicted octanol–water partition coefficient (Wildman–Crippen LogP) is 4.56. The number of aryl methyl sites for hydroxylation is 1. The van der Waals surface area contributed by atoms with E-state index >= 15 is 0 Å². The van der Waals surface area contributed by atoms with Crippen LogP contribution in [-0.4, -0.2) is 24.1 Å². The van der Waals surface area contributed by atoms with Crippen LogP contribution in [0.15, 0.2) is 50.4 Å². The van der Waals surface area contributed by atoms with Crippen molar-refractivity contribution in [3.8, 4) is 5.75 Å². The first-order valence-electron chi connectivity index (χ1n) is 8.20. The number of nitrogens with zero attached hydrogens (tertiary/aromatic N) is 1. The van der Waals surface area contributed by atoms with E-state index in [0.717, 1.165) is 14.5 Å². The molecule has 0 unspecified atom stereocenters. The molecule has 2 aromatic rings. The molecule has 0 aromatic heterocycles. The number of amides is 2. The molecular formula is C19H18Br2FN3O3. The summed E-state index contributed by atoms with van der Waals surface area (Å²) in [5.74, 6) is -0.625. The largest absolute Gasteiger partial charge is 0.483 e. The Morgan fingerprint density at radius 1 is 1.11 bits per heavy atom. The maximum atomic E-state index is 12.9. The molecule has 2 rings (SSSR count). The molecule has 148 valence electrons. The predicted molar refractivity (Wildman–Crippen MR) is 113 cm³/mol. The lowest BCUT2D eigenvalue weighted by Gasteiger charge is -2.10. The van der Waals surface area contributed by atoms with Crippen molar-refractivity contribution in [2.75, 3.05) is 11.9 Å². The van der Waals surface area contributed by atoms with Crippen molar-refractivity contribution in [1.29, 1.82) is 0 Å². The molecule has 6 nitrogen and oxygen atoms in total. The molecule has 2 N–H and O–H groups in total. The number of rotatable bonds is 7. The zero-order chi connectivity index (χ0) is 20.7. The van der Waals surface area contributed by atoms with Gasteiger partial charge < -0.3 is 10.1 Å². The van der Waals surface area contributed by atoms with E-state index in [0.29, 0.717) is 17.1 Å². The Hall–Kier alpha value is -2.26. The van der Waals surface area contributed by atoms with Gasteiger partial charge in [0, 0.05) is 15.9 Å². The number of carbonyl (C=O) groups excluding carboxylic acids is 2. The molecule has 2 aromatic carbocycles. The highest BCUT2D eigenvalue weighted by atomic mass is 79.9. The third kappa shape index (κ3) is 7.05. The van der Waals surface area contributed by atoms with Gasteiger partial charge in [-0.1, -0.05) is 15.9 Å². The molecule has 0 heterocycles. The Morgan fingerprint density at radius 3 is 2.46 bits per heavy atom. The highest BCUT2D eigenvalue weighted by Crippen LogP contribution is 2.31. The third-order valence-electron chi connectivity index (χ3n) is 3.49. The fraction of sp³-hybridized carbons (Fsp3) is 0.211. The number of ether oxygens (including phenoxy) is 1. The zero-order valence-electron chi connectivity index (χ0n) is 15.2. The van der Waals surface area contributed by atoms with Crippen molar-refractivity contribution in [2.45, 2.75) is 20.3 Å². The molecular weight excluding hydrogens is 497 g/mol. The summed E-state index contributed by atoms with van der Waals surface area (Å²) in [5, 5.41) is 6.50. The minimum Gasteiger partial charge on any atom is -0.483 e. The first-order chi connectivity index (χ1) is 13.2. The first kappa shape index (κ1) is 22.0. The van der Waals surface area contributed by atoms with Gasteiger partial charge >= 0.3 is 0 Å². The second kappa shape index (κ2) is 10.3. The van der Waals surface area contributed by atoms with Crippen molar-refractivity contribution in [2.24, 2.45) is 5.10 Å². The van der Waals surface area contributed by atoms with Crippen LogP contribution in [0.4, 0.5) is 10.1 Å². The average Bonchev–Trinajstić information content (AvgIpc) is 2.63. The SMILES string of the molecule is C/C(CC(=O)Nc1ccc(F)cc1)=N\NC(=O)COc1cc(C)c(Br)cc1Br. The van der Waals surface area contributed by atoms with Gasteiger partial charge in [0.1, 0.15) is 11.6 Å². The van der Waals surface area contributed by atoms with Gasteiger partial charge in [-0.2, -0.15) is 5.10 Å². The van der Waals surface area contributed by atoms with Crippen molar-refractivity contribution in [3.05, 3.63) is 56.7 Å². The van der Waals surface area contributed by atoms with E-state index in [1.807, 2.05) is 13.0 Å². The van der Waals surface area contributed by atoms with Gasteiger partial charge in [0.05, 0.1) is 10.9 Å². The van der Waals surface area contributed by atoms with Crippen molar-refractivity contribution in [1.82, 2.24) is 5.43 Å². The summed E-state index contributed by atoms with van der Waals surface area (Å²) in [5.41, 5.74) is 4.21. The maximum absolute atomic E-state index is 12.9. The molecule has 9 heteroatoms. The van der Waals surface area contributed by atoms with E-state index in [9.17, 15) is 14.0 Å². The molecule has 0 atom stereocenters. The minimum atomic E-state index is -0.453. The molecule has 0 aliphatic rings. The summed E-state index contributed by atoms with van der Waals surface area (Å²) < 4.78 is 20.0. The normalized spacial score (nSPS) is 11.1. The lowest BCUT2D eigenvalue weighted by molar-refractivity contribution is -0.123. The Labute approximate surface area is 178 Å². The summed E-state index contributed by atoms with van der Waals surface area (Å²) in [6.07, 6.45) is -0.0179. The van der Waals surface area contributed by atoms with Gasteiger partial charge in [0.2, 0.25) is 5.91 Å². The summed E-state index contributed by atoms with van der Waals surface area (Å²) in [6.45, 7) is 3.30. The number of nitrogens with one attached hydrogen (secondary N) is 2. The third-order valence-corrected chi connectivity index (χ3v) is 4.96. The quantitative estimate of drug-likeness (QED) is 0.420. The second-order valence-corrected chi connectivity index (χ2v) is 7.64.